The van der Waals surface area contributed by atoms with Gasteiger partial charge in [-0.1, -0.05) is 24.3 Å². The molecule has 2 aromatic carbocycles. The molecule has 0 aliphatic carbocycles. The van der Waals surface area contributed by atoms with Gasteiger partial charge in [-0.3, -0.25) is 9.78 Å². The fourth-order valence-electron chi connectivity index (χ4n) is 3.71. The largest absolute Gasteiger partial charge is 0.482 e. The smallest absolute Gasteiger partial charge is 0.265 e. The number of anilines is 3. The van der Waals surface area contributed by atoms with Crippen molar-refractivity contribution in [2.75, 3.05) is 16.8 Å². The van der Waals surface area contributed by atoms with Crippen molar-refractivity contribution in [2.45, 2.75) is 6.54 Å². The normalized spacial score (nSPS) is 12.5. The van der Waals surface area contributed by atoms with E-state index in [0.717, 1.165) is 28.1 Å². The van der Waals surface area contributed by atoms with Gasteiger partial charge in [-0.05, 0) is 59.2 Å². The van der Waals surface area contributed by atoms with E-state index in [1.807, 2.05) is 54.6 Å². The molecule has 0 bridgehead atoms. The molecule has 5 rings (SSSR count). The number of nitrogens with one attached hydrogen (secondary N) is 1. The van der Waals surface area contributed by atoms with Gasteiger partial charge in [0.1, 0.15) is 11.6 Å². The van der Waals surface area contributed by atoms with Gasteiger partial charge in [0.25, 0.3) is 5.91 Å². The fraction of sp³-hybridized carbons (Fsp3) is 0.0769. The van der Waals surface area contributed by atoms with Crippen molar-refractivity contribution in [3.05, 3.63) is 102 Å². The first-order chi connectivity index (χ1) is 16.2. The first kappa shape index (κ1) is 20.2. The van der Waals surface area contributed by atoms with Crippen LogP contribution in [0.2, 0.25) is 0 Å². The molecule has 33 heavy (non-hydrogen) atoms. The lowest BCUT2D eigenvalue weighted by Crippen LogP contribution is -2.38. The molecule has 7 heteroatoms. The Morgan fingerprint density at radius 1 is 1.03 bits per heavy atom. The lowest BCUT2D eigenvalue weighted by molar-refractivity contribution is -0.121. The van der Waals surface area contributed by atoms with E-state index in [4.69, 9.17) is 11.3 Å². The molecule has 0 radical (unpaired) electrons. The van der Waals surface area contributed by atoms with Crippen molar-refractivity contribution in [3.8, 4) is 16.9 Å². The lowest BCUT2D eigenvalue weighted by Gasteiger charge is -2.30. The SMILES string of the molecule is [C-]#[N+]c1cccc(Nc2cc(-c3ccc4c(c3)N(Cc3cccnc3)C(=O)CO4)ccn2)c1. The molecule has 1 aliphatic rings. The second kappa shape index (κ2) is 8.81. The summed E-state index contributed by atoms with van der Waals surface area (Å²) in [5.74, 6) is 1.23. The van der Waals surface area contributed by atoms with Crippen LogP contribution in [0.1, 0.15) is 5.56 Å². The highest BCUT2D eigenvalue weighted by Crippen LogP contribution is 2.37. The summed E-state index contributed by atoms with van der Waals surface area (Å²) in [6.45, 7) is 7.62. The molecule has 7 nitrogen and oxygen atoms in total. The zero-order valence-electron chi connectivity index (χ0n) is 17.6. The van der Waals surface area contributed by atoms with Crippen LogP contribution in [0.3, 0.4) is 0 Å². The minimum Gasteiger partial charge on any atom is -0.482 e. The first-order valence-corrected chi connectivity index (χ1v) is 10.4. The zero-order valence-corrected chi connectivity index (χ0v) is 17.6. The standard InChI is InChI=1S/C26H19N5O2/c1-27-21-5-2-6-22(14-21)30-25-13-20(9-11-29-25)19-7-8-24-23(12-19)31(26(32)17-33-24)16-18-4-3-10-28-15-18/h2-15H,16-17H2,(H,29,30). The number of amides is 1. The van der Waals surface area contributed by atoms with E-state index in [-0.39, 0.29) is 12.5 Å². The number of carbonyl (C=O) groups is 1. The Balaban J connectivity index is 1.45. The Hall–Kier alpha value is -4.70. The van der Waals surface area contributed by atoms with Gasteiger partial charge in [-0.2, -0.15) is 0 Å². The summed E-state index contributed by atoms with van der Waals surface area (Å²) in [6.07, 6.45) is 5.20. The summed E-state index contributed by atoms with van der Waals surface area (Å²) >= 11 is 0. The number of hydrogen-bond acceptors (Lipinski definition) is 5. The number of ether oxygens (including phenoxy) is 1. The van der Waals surface area contributed by atoms with E-state index in [2.05, 4.69) is 20.1 Å². The Morgan fingerprint density at radius 2 is 1.94 bits per heavy atom. The zero-order chi connectivity index (χ0) is 22.6. The van der Waals surface area contributed by atoms with E-state index < -0.39 is 0 Å². The van der Waals surface area contributed by atoms with Crippen LogP contribution in [-0.4, -0.2) is 22.5 Å². The minimum absolute atomic E-state index is 0.0135. The average Bonchev–Trinajstić information content (AvgIpc) is 2.86. The van der Waals surface area contributed by atoms with Gasteiger partial charge >= 0.3 is 0 Å². The average molecular weight is 433 g/mol. The quantitative estimate of drug-likeness (QED) is 0.429. The molecule has 3 heterocycles. The van der Waals surface area contributed by atoms with Crippen LogP contribution in [0.5, 0.6) is 5.75 Å². The molecule has 0 atom stereocenters. The third kappa shape index (κ3) is 4.36. The number of pyridine rings is 2. The molecule has 0 unspecified atom stereocenters. The maximum Gasteiger partial charge on any atom is 0.265 e. The van der Waals surface area contributed by atoms with Crippen LogP contribution >= 0.6 is 0 Å². The molecule has 0 spiro atoms. The van der Waals surface area contributed by atoms with Crippen LogP contribution in [0.15, 0.2) is 85.3 Å². The number of hydrogen-bond donors (Lipinski definition) is 1. The van der Waals surface area contributed by atoms with E-state index >= 15 is 0 Å². The predicted molar refractivity (Wildman–Crippen MR) is 127 cm³/mol. The maximum atomic E-state index is 12.7. The highest BCUT2D eigenvalue weighted by atomic mass is 16.5. The molecule has 1 amide bonds. The van der Waals surface area contributed by atoms with E-state index in [9.17, 15) is 4.79 Å². The fourth-order valence-corrected chi connectivity index (χ4v) is 3.71. The van der Waals surface area contributed by atoms with Crippen LogP contribution in [-0.2, 0) is 11.3 Å². The first-order valence-electron chi connectivity index (χ1n) is 10.4. The number of rotatable bonds is 5. The van der Waals surface area contributed by atoms with Crippen molar-refractivity contribution >= 4 is 28.8 Å². The number of nitrogens with zero attached hydrogens (tertiary/aromatic N) is 4. The van der Waals surface area contributed by atoms with Gasteiger partial charge in [0, 0.05) is 24.3 Å². The summed E-state index contributed by atoms with van der Waals surface area (Å²) in [7, 11) is 0. The van der Waals surface area contributed by atoms with Crippen molar-refractivity contribution < 1.29 is 9.53 Å². The Bertz CT molecular complexity index is 1360. The number of carbonyl (C=O) groups excluding carboxylic acids is 1. The van der Waals surface area contributed by atoms with Crippen molar-refractivity contribution in [2.24, 2.45) is 0 Å². The van der Waals surface area contributed by atoms with Crippen molar-refractivity contribution in [3.63, 3.8) is 0 Å². The van der Waals surface area contributed by atoms with E-state index in [1.54, 1.807) is 35.6 Å². The summed E-state index contributed by atoms with van der Waals surface area (Å²) in [4.78, 5) is 26.4. The van der Waals surface area contributed by atoms with Gasteiger partial charge in [0.05, 0.1) is 18.8 Å². The third-order valence-corrected chi connectivity index (χ3v) is 5.31. The lowest BCUT2D eigenvalue weighted by atomic mass is 10.0. The van der Waals surface area contributed by atoms with Crippen LogP contribution in [0.25, 0.3) is 16.0 Å². The Labute approximate surface area is 191 Å². The minimum atomic E-state index is -0.0970. The van der Waals surface area contributed by atoms with Gasteiger partial charge in [0.2, 0.25) is 0 Å². The van der Waals surface area contributed by atoms with Crippen LogP contribution in [0, 0.1) is 6.57 Å². The molecule has 1 aliphatic heterocycles. The third-order valence-electron chi connectivity index (χ3n) is 5.31. The Morgan fingerprint density at radius 3 is 2.79 bits per heavy atom. The number of aromatic nitrogens is 2. The number of benzene rings is 2. The van der Waals surface area contributed by atoms with Crippen molar-refractivity contribution in [1.82, 2.24) is 9.97 Å². The predicted octanol–water partition coefficient (Wildman–Crippen LogP) is 5.36. The summed E-state index contributed by atoms with van der Waals surface area (Å²) in [5.41, 5.74) is 4.90. The molecular weight excluding hydrogens is 414 g/mol. The monoisotopic (exact) mass is 433 g/mol. The highest BCUT2D eigenvalue weighted by molar-refractivity contribution is 5.98. The highest BCUT2D eigenvalue weighted by Gasteiger charge is 2.26. The van der Waals surface area contributed by atoms with Gasteiger partial charge in [0.15, 0.2) is 12.3 Å². The molecule has 4 aromatic rings. The van der Waals surface area contributed by atoms with E-state index in [1.165, 1.54) is 0 Å². The second-order valence-electron chi connectivity index (χ2n) is 7.53. The molecule has 0 saturated carbocycles. The summed E-state index contributed by atoms with van der Waals surface area (Å²) < 4.78 is 5.66. The number of fused-ring (bicyclic) bond motifs is 1. The molecule has 1 N–H and O–H groups in total. The van der Waals surface area contributed by atoms with Crippen LogP contribution < -0.4 is 15.0 Å². The molecule has 160 valence electrons. The molecular formula is C26H19N5O2. The molecule has 2 aromatic heterocycles. The summed E-state index contributed by atoms with van der Waals surface area (Å²) in [6, 6.07) is 20.7. The van der Waals surface area contributed by atoms with Gasteiger partial charge in [-0.25, -0.2) is 9.83 Å². The second-order valence-corrected chi connectivity index (χ2v) is 7.53. The topological polar surface area (TPSA) is 71.7 Å². The van der Waals surface area contributed by atoms with Crippen molar-refractivity contribution in [1.29, 1.82) is 0 Å². The summed E-state index contributed by atoms with van der Waals surface area (Å²) in [5, 5.41) is 3.25. The Kier molecular flexibility index (Phi) is 5.40. The van der Waals surface area contributed by atoms with Gasteiger partial charge in [-0.15, -0.1) is 0 Å². The maximum absolute atomic E-state index is 12.7. The molecule has 0 fully saturated rings. The van der Waals surface area contributed by atoms with Crippen LogP contribution in [0.4, 0.5) is 22.9 Å². The molecule has 0 saturated heterocycles. The van der Waals surface area contributed by atoms with Gasteiger partial charge < -0.3 is 15.0 Å². The van der Waals surface area contributed by atoms with E-state index in [0.29, 0.717) is 23.8 Å².